The van der Waals surface area contributed by atoms with Crippen LogP contribution in [0.1, 0.15) is 28.8 Å². The van der Waals surface area contributed by atoms with Gasteiger partial charge in [0, 0.05) is 12.2 Å². The first kappa shape index (κ1) is 11.9. The molecule has 1 aromatic carbocycles. The van der Waals surface area contributed by atoms with E-state index in [4.69, 9.17) is 5.73 Å². The quantitative estimate of drug-likeness (QED) is 0.638. The van der Waals surface area contributed by atoms with Crippen molar-refractivity contribution in [1.82, 2.24) is 4.90 Å². The molecule has 0 radical (unpaired) electrons. The van der Waals surface area contributed by atoms with Crippen molar-refractivity contribution in [3.8, 4) is 0 Å². The number of benzene rings is 1. The van der Waals surface area contributed by atoms with E-state index in [9.17, 15) is 4.79 Å². The Kier molecular flexibility index (Phi) is 3.64. The Morgan fingerprint density at radius 1 is 1.41 bits per heavy atom. The minimum absolute atomic E-state index is 0.343. The Morgan fingerprint density at radius 3 is 2.71 bits per heavy atom. The standard InChI is InChI=1S/C13H18N2O2/c1-17-13(16)10-4-5-11(12(14)8-10)9-15-6-2-3-7-15/h4-5,8H,2-3,6-7,9,14H2,1H3. The third kappa shape index (κ3) is 2.77. The molecule has 1 aliphatic rings. The second-order valence-electron chi connectivity index (χ2n) is 4.39. The van der Waals surface area contributed by atoms with Gasteiger partial charge in [-0.3, -0.25) is 4.90 Å². The van der Waals surface area contributed by atoms with E-state index in [0.717, 1.165) is 25.2 Å². The van der Waals surface area contributed by atoms with Crippen molar-refractivity contribution in [2.45, 2.75) is 19.4 Å². The molecule has 1 saturated heterocycles. The smallest absolute Gasteiger partial charge is 0.337 e. The summed E-state index contributed by atoms with van der Waals surface area (Å²) >= 11 is 0. The zero-order valence-corrected chi connectivity index (χ0v) is 10.1. The van der Waals surface area contributed by atoms with E-state index in [2.05, 4.69) is 9.64 Å². The fourth-order valence-electron chi connectivity index (χ4n) is 2.17. The molecule has 0 spiro atoms. The highest BCUT2D eigenvalue weighted by Crippen LogP contribution is 2.19. The van der Waals surface area contributed by atoms with Gasteiger partial charge in [0.05, 0.1) is 12.7 Å². The van der Waals surface area contributed by atoms with Crippen LogP contribution < -0.4 is 5.73 Å². The molecular weight excluding hydrogens is 216 g/mol. The molecule has 0 aromatic heterocycles. The molecule has 0 amide bonds. The van der Waals surface area contributed by atoms with Gasteiger partial charge in [-0.1, -0.05) is 6.07 Å². The molecule has 17 heavy (non-hydrogen) atoms. The Balaban J connectivity index is 2.10. The molecule has 2 N–H and O–H groups in total. The molecule has 0 aliphatic carbocycles. The SMILES string of the molecule is COC(=O)c1ccc(CN2CCCC2)c(N)c1. The van der Waals surface area contributed by atoms with Gasteiger partial charge in [0.15, 0.2) is 0 Å². The summed E-state index contributed by atoms with van der Waals surface area (Å²) in [7, 11) is 1.37. The van der Waals surface area contributed by atoms with Crippen LogP contribution in [0, 0.1) is 0 Å². The minimum atomic E-state index is -0.343. The highest BCUT2D eigenvalue weighted by atomic mass is 16.5. The molecular formula is C13H18N2O2. The van der Waals surface area contributed by atoms with Crippen LogP contribution in [-0.2, 0) is 11.3 Å². The fraction of sp³-hybridized carbons (Fsp3) is 0.462. The molecule has 0 unspecified atom stereocenters. The van der Waals surface area contributed by atoms with E-state index in [1.807, 2.05) is 6.07 Å². The van der Waals surface area contributed by atoms with E-state index in [0.29, 0.717) is 11.3 Å². The van der Waals surface area contributed by atoms with Crippen molar-refractivity contribution in [1.29, 1.82) is 0 Å². The Bertz CT molecular complexity index is 412. The monoisotopic (exact) mass is 234 g/mol. The number of hydrogen-bond donors (Lipinski definition) is 1. The van der Waals surface area contributed by atoms with Crippen molar-refractivity contribution < 1.29 is 9.53 Å². The van der Waals surface area contributed by atoms with Crippen LogP contribution in [0.4, 0.5) is 5.69 Å². The number of likely N-dealkylation sites (tertiary alicyclic amines) is 1. The third-order valence-electron chi connectivity index (χ3n) is 3.16. The van der Waals surface area contributed by atoms with Crippen molar-refractivity contribution in [2.75, 3.05) is 25.9 Å². The fourth-order valence-corrected chi connectivity index (χ4v) is 2.17. The topological polar surface area (TPSA) is 55.6 Å². The predicted octanol–water partition coefficient (Wildman–Crippen LogP) is 1.65. The van der Waals surface area contributed by atoms with Crippen molar-refractivity contribution in [2.24, 2.45) is 0 Å². The van der Waals surface area contributed by atoms with Crippen LogP contribution in [0.3, 0.4) is 0 Å². The van der Waals surface area contributed by atoms with Gasteiger partial charge in [-0.2, -0.15) is 0 Å². The number of nitrogens with two attached hydrogens (primary N) is 1. The first-order valence-electron chi connectivity index (χ1n) is 5.90. The largest absolute Gasteiger partial charge is 0.465 e. The number of esters is 1. The highest BCUT2D eigenvalue weighted by molar-refractivity contribution is 5.90. The van der Waals surface area contributed by atoms with E-state index >= 15 is 0 Å². The molecule has 1 aliphatic heterocycles. The summed E-state index contributed by atoms with van der Waals surface area (Å²) in [6, 6.07) is 5.38. The molecule has 0 bridgehead atoms. The molecule has 92 valence electrons. The Hall–Kier alpha value is -1.55. The number of nitrogen functional groups attached to an aromatic ring is 1. The number of hydrogen-bond acceptors (Lipinski definition) is 4. The van der Waals surface area contributed by atoms with Crippen LogP contribution in [0.5, 0.6) is 0 Å². The average molecular weight is 234 g/mol. The van der Waals surface area contributed by atoms with E-state index < -0.39 is 0 Å². The van der Waals surface area contributed by atoms with Crippen molar-refractivity contribution in [3.63, 3.8) is 0 Å². The number of rotatable bonds is 3. The Labute approximate surface area is 101 Å². The second kappa shape index (κ2) is 5.19. The van der Waals surface area contributed by atoms with E-state index in [1.54, 1.807) is 12.1 Å². The Morgan fingerprint density at radius 2 is 2.12 bits per heavy atom. The van der Waals surface area contributed by atoms with Crippen molar-refractivity contribution >= 4 is 11.7 Å². The minimum Gasteiger partial charge on any atom is -0.465 e. The number of methoxy groups -OCH3 is 1. The predicted molar refractivity (Wildman–Crippen MR) is 66.7 cm³/mol. The molecule has 0 atom stereocenters. The lowest BCUT2D eigenvalue weighted by atomic mass is 10.1. The summed E-state index contributed by atoms with van der Waals surface area (Å²) in [5.41, 5.74) is 8.22. The molecule has 4 heteroatoms. The third-order valence-corrected chi connectivity index (χ3v) is 3.16. The molecule has 4 nitrogen and oxygen atoms in total. The lowest BCUT2D eigenvalue weighted by molar-refractivity contribution is 0.0601. The first-order chi connectivity index (χ1) is 8.20. The summed E-state index contributed by atoms with van der Waals surface area (Å²) in [5, 5.41) is 0. The van der Waals surface area contributed by atoms with Gasteiger partial charge in [-0.15, -0.1) is 0 Å². The average Bonchev–Trinajstić information content (AvgIpc) is 2.83. The maximum absolute atomic E-state index is 11.3. The van der Waals surface area contributed by atoms with Gasteiger partial charge in [0.2, 0.25) is 0 Å². The van der Waals surface area contributed by atoms with Gasteiger partial charge in [-0.25, -0.2) is 4.79 Å². The number of carbonyl (C=O) groups excluding carboxylic acids is 1. The van der Waals surface area contributed by atoms with Gasteiger partial charge < -0.3 is 10.5 Å². The van der Waals surface area contributed by atoms with Crippen LogP contribution in [0.15, 0.2) is 18.2 Å². The maximum Gasteiger partial charge on any atom is 0.337 e. The van der Waals surface area contributed by atoms with Crippen molar-refractivity contribution in [3.05, 3.63) is 29.3 Å². The highest BCUT2D eigenvalue weighted by Gasteiger charge is 2.14. The summed E-state index contributed by atoms with van der Waals surface area (Å²) in [5.74, 6) is -0.343. The molecule has 1 heterocycles. The van der Waals surface area contributed by atoms with Gasteiger partial charge in [-0.05, 0) is 43.6 Å². The molecule has 1 fully saturated rings. The number of anilines is 1. The first-order valence-corrected chi connectivity index (χ1v) is 5.90. The number of nitrogens with zero attached hydrogens (tertiary/aromatic N) is 1. The molecule has 0 saturated carbocycles. The number of ether oxygens (including phenoxy) is 1. The summed E-state index contributed by atoms with van der Waals surface area (Å²) in [4.78, 5) is 13.7. The zero-order valence-electron chi connectivity index (χ0n) is 10.1. The van der Waals surface area contributed by atoms with Crippen LogP contribution in [0.25, 0.3) is 0 Å². The lowest BCUT2D eigenvalue weighted by Crippen LogP contribution is -2.19. The van der Waals surface area contributed by atoms with E-state index in [1.165, 1.54) is 20.0 Å². The normalized spacial score (nSPS) is 16.1. The summed E-state index contributed by atoms with van der Waals surface area (Å²) in [6.07, 6.45) is 2.53. The number of carbonyl (C=O) groups is 1. The summed E-state index contributed by atoms with van der Waals surface area (Å²) < 4.78 is 4.66. The van der Waals surface area contributed by atoms with Crippen LogP contribution in [-0.4, -0.2) is 31.1 Å². The van der Waals surface area contributed by atoms with Crippen LogP contribution in [0.2, 0.25) is 0 Å². The molecule has 2 rings (SSSR count). The summed E-state index contributed by atoms with van der Waals surface area (Å²) in [6.45, 7) is 3.14. The van der Waals surface area contributed by atoms with Gasteiger partial charge in [0.1, 0.15) is 0 Å². The van der Waals surface area contributed by atoms with Gasteiger partial charge >= 0.3 is 5.97 Å². The lowest BCUT2D eigenvalue weighted by Gasteiger charge is -2.16. The second-order valence-corrected chi connectivity index (χ2v) is 4.39. The molecule has 1 aromatic rings. The van der Waals surface area contributed by atoms with Gasteiger partial charge in [0.25, 0.3) is 0 Å². The maximum atomic E-state index is 11.3. The zero-order chi connectivity index (χ0) is 12.3. The van der Waals surface area contributed by atoms with Crippen LogP contribution >= 0.6 is 0 Å². The van der Waals surface area contributed by atoms with E-state index in [-0.39, 0.29) is 5.97 Å².